The van der Waals surface area contributed by atoms with Crippen LogP contribution in [0.3, 0.4) is 0 Å². The average Bonchev–Trinajstić information content (AvgIpc) is 2.90. The number of hydrogen-bond acceptors (Lipinski definition) is 4. The highest BCUT2D eigenvalue weighted by atomic mass is 16.2. The van der Waals surface area contributed by atoms with E-state index in [4.69, 9.17) is 5.26 Å². The molecule has 0 saturated heterocycles. The van der Waals surface area contributed by atoms with Crippen molar-refractivity contribution in [3.63, 3.8) is 0 Å². The molecule has 7 heteroatoms. The third kappa shape index (κ3) is 4.32. The molecular weight excluding hydrogens is 306 g/mol. The van der Waals surface area contributed by atoms with Crippen LogP contribution >= 0.6 is 0 Å². The van der Waals surface area contributed by atoms with Gasteiger partial charge in [0.05, 0.1) is 11.6 Å². The summed E-state index contributed by atoms with van der Waals surface area (Å²) in [6, 6.07) is 6.40. The highest BCUT2D eigenvalue weighted by Gasteiger charge is 2.22. The van der Waals surface area contributed by atoms with Gasteiger partial charge in [0.2, 0.25) is 5.91 Å². The molecule has 24 heavy (non-hydrogen) atoms. The van der Waals surface area contributed by atoms with Gasteiger partial charge in [-0.1, -0.05) is 13.8 Å². The lowest BCUT2D eigenvalue weighted by Crippen LogP contribution is -2.47. The zero-order valence-electron chi connectivity index (χ0n) is 14.0. The minimum atomic E-state index is -0.671. The van der Waals surface area contributed by atoms with Crippen molar-refractivity contribution in [3.8, 4) is 6.07 Å². The molecule has 0 saturated carbocycles. The van der Waals surface area contributed by atoms with Crippen LogP contribution in [0.25, 0.3) is 10.9 Å². The van der Waals surface area contributed by atoms with Crippen LogP contribution in [0.4, 0.5) is 0 Å². The molecule has 7 nitrogen and oxygen atoms in total. The SMILES string of the molecule is CC(C)CC(NC(=O)c1ccc2nn(C)cc2c1)C(=O)NCC#N. The lowest BCUT2D eigenvalue weighted by Gasteiger charge is -2.19. The van der Waals surface area contributed by atoms with Gasteiger partial charge in [-0.25, -0.2) is 0 Å². The highest BCUT2D eigenvalue weighted by Crippen LogP contribution is 2.14. The Labute approximate surface area is 140 Å². The molecule has 1 aromatic heterocycles. The minimum Gasteiger partial charge on any atom is -0.341 e. The van der Waals surface area contributed by atoms with Crippen LogP contribution in [0.2, 0.25) is 0 Å². The Morgan fingerprint density at radius 3 is 2.79 bits per heavy atom. The molecule has 2 rings (SSSR count). The van der Waals surface area contributed by atoms with Crippen molar-refractivity contribution < 1.29 is 9.59 Å². The number of fused-ring (bicyclic) bond motifs is 1. The van der Waals surface area contributed by atoms with E-state index in [9.17, 15) is 9.59 Å². The summed E-state index contributed by atoms with van der Waals surface area (Å²) in [5, 5.41) is 19.0. The van der Waals surface area contributed by atoms with Crippen LogP contribution in [0.15, 0.2) is 24.4 Å². The second kappa shape index (κ2) is 7.59. The van der Waals surface area contributed by atoms with Gasteiger partial charge in [0.1, 0.15) is 12.6 Å². The van der Waals surface area contributed by atoms with E-state index < -0.39 is 6.04 Å². The summed E-state index contributed by atoms with van der Waals surface area (Å²) in [6.07, 6.45) is 2.33. The average molecular weight is 327 g/mol. The van der Waals surface area contributed by atoms with Gasteiger partial charge in [-0.3, -0.25) is 14.3 Å². The minimum absolute atomic E-state index is 0.0784. The normalized spacial score (nSPS) is 12.0. The maximum atomic E-state index is 12.5. The van der Waals surface area contributed by atoms with E-state index in [2.05, 4.69) is 15.7 Å². The molecule has 1 atom stereocenters. The number of benzene rings is 1. The molecule has 0 aliphatic rings. The number of nitrogens with zero attached hydrogens (tertiary/aromatic N) is 3. The van der Waals surface area contributed by atoms with E-state index in [0.29, 0.717) is 12.0 Å². The van der Waals surface area contributed by atoms with Crippen molar-refractivity contribution >= 4 is 22.7 Å². The van der Waals surface area contributed by atoms with Crippen molar-refractivity contribution in [2.75, 3.05) is 6.54 Å². The van der Waals surface area contributed by atoms with Crippen LogP contribution in [0.5, 0.6) is 0 Å². The van der Waals surface area contributed by atoms with Crippen molar-refractivity contribution in [2.24, 2.45) is 13.0 Å². The fourth-order valence-electron chi connectivity index (χ4n) is 2.48. The quantitative estimate of drug-likeness (QED) is 0.782. The summed E-state index contributed by atoms with van der Waals surface area (Å²) in [6.45, 7) is 3.86. The van der Waals surface area contributed by atoms with Gasteiger partial charge < -0.3 is 10.6 Å². The Balaban J connectivity index is 2.15. The predicted octanol–water partition coefficient (Wildman–Crippen LogP) is 1.36. The molecule has 0 aliphatic heterocycles. The second-order valence-electron chi connectivity index (χ2n) is 6.11. The highest BCUT2D eigenvalue weighted by molar-refractivity contribution is 6.00. The largest absolute Gasteiger partial charge is 0.341 e. The Bertz CT molecular complexity index is 788. The maximum Gasteiger partial charge on any atom is 0.251 e. The molecule has 1 aromatic carbocycles. The van der Waals surface area contributed by atoms with Crippen LogP contribution in [-0.4, -0.2) is 34.2 Å². The Hall–Kier alpha value is -2.88. The van der Waals surface area contributed by atoms with E-state index >= 15 is 0 Å². The van der Waals surface area contributed by atoms with Gasteiger partial charge >= 0.3 is 0 Å². The van der Waals surface area contributed by atoms with Gasteiger partial charge in [-0.2, -0.15) is 10.4 Å². The lowest BCUT2D eigenvalue weighted by atomic mass is 10.0. The summed E-state index contributed by atoms with van der Waals surface area (Å²) >= 11 is 0. The van der Waals surface area contributed by atoms with Gasteiger partial charge in [-0.05, 0) is 30.5 Å². The van der Waals surface area contributed by atoms with E-state index in [1.807, 2.05) is 33.2 Å². The Morgan fingerprint density at radius 1 is 1.38 bits per heavy atom. The molecule has 126 valence electrons. The number of rotatable bonds is 6. The van der Waals surface area contributed by atoms with Gasteiger partial charge in [-0.15, -0.1) is 0 Å². The molecule has 1 heterocycles. The first-order valence-corrected chi connectivity index (χ1v) is 7.79. The van der Waals surface area contributed by atoms with Crippen LogP contribution in [0.1, 0.15) is 30.6 Å². The monoisotopic (exact) mass is 327 g/mol. The molecule has 0 spiro atoms. The van der Waals surface area contributed by atoms with Crippen LogP contribution < -0.4 is 10.6 Å². The molecule has 2 aromatic rings. The van der Waals surface area contributed by atoms with Gasteiger partial charge in [0, 0.05) is 24.2 Å². The molecule has 0 fully saturated rings. The van der Waals surface area contributed by atoms with E-state index in [1.54, 1.807) is 22.9 Å². The second-order valence-corrected chi connectivity index (χ2v) is 6.11. The molecule has 2 amide bonds. The summed E-state index contributed by atoms with van der Waals surface area (Å²) in [7, 11) is 1.82. The first kappa shape index (κ1) is 17.5. The number of amides is 2. The maximum absolute atomic E-state index is 12.5. The molecule has 0 radical (unpaired) electrons. The van der Waals surface area contributed by atoms with E-state index in [-0.39, 0.29) is 24.3 Å². The summed E-state index contributed by atoms with van der Waals surface area (Å²) in [4.78, 5) is 24.6. The first-order valence-electron chi connectivity index (χ1n) is 7.79. The molecule has 0 bridgehead atoms. The first-order chi connectivity index (χ1) is 11.4. The predicted molar refractivity (Wildman–Crippen MR) is 90.0 cm³/mol. The Morgan fingerprint density at radius 2 is 2.12 bits per heavy atom. The van der Waals surface area contributed by atoms with Crippen LogP contribution in [-0.2, 0) is 11.8 Å². The number of carbonyl (C=O) groups is 2. The topological polar surface area (TPSA) is 99.8 Å². The Kier molecular flexibility index (Phi) is 5.53. The number of hydrogen-bond donors (Lipinski definition) is 2. The van der Waals surface area contributed by atoms with E-state index in [1.165, 1.54) is 0 Å². The zero-order valence-corrected chi connectivity index (χ0v) is 14.0. The van der Waals surface area contributed by atoms with Crippen molar-refractivity contribution in [1.29, 1.82) is 5.26 Å². The molecule has 1 unspecified atom stereocenters. The summed E-state index contributed by atoms with van der Waals surface area (Å²) in [5.74, 6) is -0.441. The fourth-order valence-corrected chi connectivity index (χ4v) is 2.48. The van der Waals surface area contributed by atoms with Crippen molar-refractivity contribution in [2.45, 2.75) is 26.3 Å². The van der Waals surface area contributed by atoms with Crippen molar-refractivity contribution in [3.05, 3.63) is 30.0 Å². The number of aryl methyl sites for hydroxylation is 1. The van der Waals surface area contributed by atoms with E-state index in [0.717, 1.165) is 10.9 Å². The summed E-state index contributed by atoms with van der Waals surface area (Å²) in [5.41, 5.74) is 1.27. The lowest BCUT2D eigenvalue weighted by molar-refractivity contribution is -0.123. The van der Waals surface area contributed by atoms with Gasteiger partial charge in [0.25, 0.3) is 5.91 Å². The number of nitrogens with one attached hydrogen (secondary N) is 2. The third-order valence-electron chi connectivity index (χ3n) is 3.55. The number of nitriles is 1. The summed E-state index contributed by atoms with van der Waals surface area (Å²) < 4.78 is 1.68. The molecule has 2 N–H and O–H groups in total. The number of carbonyl (C=O) groups excluding carboxylic acids is 2. The third-order valence-corrected chi connectivity index (χ3v) is 3.55. The van der Waals surface area contributed by atoms with Crippen LogP contribution in [0, 0.1) is 17.2 Å². The zero-order chi connectivity index (χ0) is 17.7. The number of aromatic nitrogens is 2. The van der Waals surface area contributed by atoms with Gasteiger partial charge in [0.15, 0.2) is 0 Å². The molecule has 0 aliphatic carbocycles. The van der Waals surface area contributed by atoms with Crippen molar-refractivity contribution in [1.82, 2.24) is 20.4 Å². The smallest absolute Gasteiger partial charge is 0.251 e. The standard InChI is InChI=1S/C17H21N5O2/c1-11(2)8-15(17(24)19-7-6-18)20-16(23)12-4-5-14-13(9-12)10-22(3)21-14/h4-5,9-11,15H,7-8H2,1-3H3,(H,19,24)(H,20,23). The fraction of sp³-hybridized carbons (Fsp3) is 0.412. The molecular formula is C17H21N5O2.